The number of halogens is 2. The molecule has 0 aliphatic carbocycles. The predicted octanol–water partition coefficient (Wildman–Crippen LogP) is 4.71. The first-order valence-corrected chi connectivity index (χ1v) is 6.18. The number of rotatable bonds is 3. The summed E-state index contributed by atoms with van der Waals surface area (Å²) in [5.74, 6) is -0.0136. The van der Waals surface area contributed by atoms with E-state index >= 15 is 0 Å². The number of nitrogens with zero attached hydrogens (tertiary/aromatic N) is 1. The highest BCUT2D eigenvalue weighted by Crippen LogP contribution is 2.33. The molecule has 0 spiro atoms. The maximum atomic E-state index is 13.8. The maximum Gasteiger partial charge on any atom is 0.166 e. The summed E-state index contributed by atoms with van der Waals surface area (Å²) in [5, 5.41) is 9.19. The first-order valence-electron chi connectivity index (χ1n) is 5.80. The van der Waals surface area contributed by atoms with E-state index < -0.39 is 5.82 Å². The summed E-state index contributed by atoms with van der Waals surface area (Å²) in [4.78, 5) is 0. The summed E-state index contributed by atoms with van der Waals surface area (Å²) < 4.78 is 19.4. The Morgan fingerprint density at radius 1 is 1.32 bits per heavy atom. The van der Waals surface area contributed by atoms with Crippen LogP contribution in [0, 0.1) is 17.1 Å². The largest absolute Gasteiger partial charge is 0.452 e. The third-order valence-electron chi connectivity index (χ3n) is 2.70. The van der Waals surface area contributed by atoms with E-state index in [9.17, 15) is 4.39 Å². The summed E-state index contributed by atoms with van der Waals surface area (Å²) in [5.41, 5.74) is 1.16. The van der Waals surface area contributed by atoms with Crippen LogP contribution in [0.2, 0.25) is 5.02 Å². The van der Waals surface area contributed by atoms with Crippen molar-refractivity contribution in [2.24, 2.45) is 0 Å². The van der Waals surface area contributed by atoms with Crippen molar-refractivity contribution >= 4 is 11.6 Å². The van der Waals surface area contributed by atoms with Crippen molar-refractivity contribution in [1.29, 1.82) is 5.26 Å². The molecule has 2 aromatic rings. The fourth-order valence-corrected chi connectivity index (χ4v) is 1.86. The van der Waals surface area contributed by atoms with Gasteiger partial charge in [-0.25, -0.2) is 4.39 Å². The van der Waals surface area contributed by atoms with E-state index in [4.69, 9.17) is 21.6 Å². The van der Waals surface area contributed by atoms with Crippen molar-refractivity contribution in [2.75, 3.05) is 0 Å². The Kier molecular flexibility index (Phi) is 4.03. The fourth-order valence-electron chi connectivity index (χ4n) is 1.71. The summed E-state index contributed by atoms with van der Waals surface area (Å²) in [6.45, 7) is 1.91. The van der Waals surface area contributed by atoms with Gasteiger partial charge in [-0.1, -0.05) is 30.7 Å². The lowest BCUT2D eigenvalue weighted by Crippen LogP contribution is -1.95. The Morgan fingerprint density at radius 3 is 2.79 bits per heavy atom. The van der Waals surface area contributed by atoms with E-state index in [1.165, 1.54) is 12.1 Å². The highest BCUT2D eigenvalue weighted by atomic mass is 35.5. The molecule has 0 aliphatic heterocycles. The van der Waals surface area contributed by atoms with Gasteiger partial charge in [-0.3, -0.25) is 0 Å². The fraction of sp³-hybridized carbons (Fsp3) is 0.133. The molecule has 0 aromatic heterocycles. The van der Waals surface area contributed by atoms with E-state index in [0.29, 0.717) is 17.0 Å². The molecule has 0 aliphatic rings. The average Bonchev–Trinajstić information content (AvgIpc) is 2.43. The molecular formula is C15H11ClFNO. The van der Waals surface area contributed by atoms with Crippen LogP contribution in [-0.4, -0.2) is 0 Å². The Hall–Kier alpha value is -2.05. The maximum absolute atomic E-state index is 13.8. The van der Waals surface area contributed by atoms with E-state index in [1.807, 2.05) is 13.0 Å². The van der Waals surface area contributed by atoms with Crippen LogP contribution in [0.25, 0.3) is 0 Å². The van der Waals surface area contributed by atoms with Gasteiger partial charge >= 0.3 is 0 Å². The molecule has 0 saturated carbocycles. The average molecular weight is 276 g/mol. The van der Waals surface area contributed by atoms with Gasteiger partial charge in [-0.05, 0) is 30.2 Å². The molecule has 2 nitrogen and oxygen atoms in total. The Morgan fingerprint density at radius 2 is 2.11 bits per heavy atom. The molecule has 96 valence electrons. The molecule has 0 fully saturated rings. The molecule has 0 radical (unpaired) electrons. The summed E-state index contributed by atoms with van der Waals surface area (Å²) in [6.07, 6.45) is 0.642. The van der Waals surface area contributed by atoms with Crippen LogP contribution in [0.3, 0.4) is 0 Å². The molecule has 0 atom stereocenters. The lowest BCUT2D eigenvalue weighted by molar-refractivity contribution is 0.437. The quantitative estimate of drug-likeness (QED) is 0.813. The van der Waals surface area contributed by atoms with Gasteiger partial charge in [0.05, 0.1) is 16.7 Å². The second-order valence-corrected chi connectivity index (χ2v) is 4.35. The van der Waals surface area contributed by atoms with Gasteiger partial charge in [0.25, 0.3) is 0 Å². The van der Waals surface area contributed by atoms with Gasteiger partial charge in [-0.2, -0.15) is 5.26 Å². The minimum Gasteiger partial charge on any atom is -0.452 e. The molecule has 2 aromatic carbocycles. The van der Waals surface area contributed by atoms with E-state index in [0.717, 1.165) is 5.56 Å². The number of benzene rings is 2. The van der Waals surface area contributed by atoms with E-state index in [1.54, 1.807) is 24.3 Å². The molecule has 4 heteroatoms. The molecule has 2 rings (SSSR count). The monoisotopic (exact) mass is 275 g/mol. The standard InChI is InChI=1S/C15H11ClFNO/c1-2-11-4-3-5-13(17)15(11)19-14-8-10(9-18)6-7-12(14)16/h3-8H,2H2,1H3. The number of hydrogen-bond donors (Lipinski definition) is 0. The highest BCUT2D eigenvalue weighted by Gasteiger charge is 2.12. The third-order valence-corrected chi connectivity index (χ3v) is 3.01. The normalized spacial score (nSPS) is 10.0. The van der Waals surface area contributed by atoms with Crippen molar-refractivity contribution < 1.29 is 9.13 Å². The van der Waals surface area contributed by atoms with Crippen LogP contribution in [0.5, 0.6) is 11.5 Å². The smallest absolute Gasteiger partial charge is 0.166 e. The molecule has 19 heavy (non-hydrogen) atoms. The van der Waals surface area contributed by atoms with Crippen molar-refractivity contribution in [2.45, 2.75) is 13.3 Å². The van der Waals surface area contributed by atoms with Crippen LogP contribution < -0.4 is 4.74 Å². The molecule has 0 N–H and O–H groups in total. The van der Waals surface area contributed by atoms with Crippen LogP contribution >= 0.6 is 11.6 Å². The van der Waals surface area contributed by atoms with Gasteiger partial charge in [0.2, 0.25) is 0 Å². The molecule has 0 unspecified atom stereocenters. The zero-order valence-corrected chi connectivity index (χ0v) is 11.0. The van der Waals surface area contributed by atoms with Crippen LogP contribution in [-0.2, 0) is 6.42 Å². The van der Waals surface area contributed by atoms with Crippen LogP contribution in [0.15, 0.2) is 36.4 Å². The number of aryl methyl sites for hydroxylation is 1. The summed E-state index contributed by atoms with van der Waals surface area (Å²) in [7, 11) is 0. The first-order chi connectivity index (χ1) is 9.15. The lowest BCUT2D eigenvalue weighted by atomic mass is 10.1. The third kappa shape index (κ3) is 2.86. The first kappa shape index (κ1) is 13.4. The minimum atomic E-state index is -0.447. The van der Waals surface area contributed by atoms with Gasteiger partial charge < -0.3 is 4.74 Å². The molecule has 0 amide bonds. The van der Waals surface area contributed by atoms with Crippen molar-refractivity contribution in [3.05, 3.63) is 58.4 Å². The number of ether oxygens (including phenoxy) is 1. The molecule has 0 bridgehead atoms. The molecular weight excluding hydrogens is 265 g/mol. The number of nitriles is 1. The lowest BCUT2D eigenvalue weighted by Gasteiger charge is -2.12. The van der Waals surface area contributed by atoms with E-state index in [-0.39, 0.29) is 11.5 Å². The van der Waals surface area contributed by atoms with Crippen molar-refractivity contribution in [1.82, 2.24) is 0 Å². The van der Waals surface area contributed by atoms with Crippen molar-refractivity contribution in [3.8, 4) is 17.6 Å². The Labute approximate surface area is 116 Å². The van der Waals surface area contributed by atoms with Gasteiger partial charge in [0, 0.05) is 6.07 Å². The number of hydrogen-bond acceptors (Lipinski definition) is 2. The van der Waals surface area contributed by atoms with Crippen LogP contribution in [0.4, 0.5) is 4.39 Å². The molecule has 0 heterocycles. The highest BCUT2D eigenvalue weighted by molar-refractivity contribution is 6.32. The predicted molar refractivity (Wildman–Crippen MR) is 72.0 cm³/mol. The minimum absolute atomic E-state index is 0.155. The van der Waals surface area contributed by atoms with Gasteiger partial charge in [-0.15, -0.1) is 0 Å². The zero-order chi connectivity index (χ0) is 13.8. The second kappa shape index (κ2) is 5.73. The Balaban J connectivity index is 2.44. The van der Waals surface area contributed by atoms with Gasteiger partial charge in [0.15, 0.2) is 11.6 Å². The van der Waals surface area contributed by atoms with Crippen LogP contribution in [0.1, 0.15) is 18.1 Å². The summed E-state index contributed by atoms with van der Waals surface area (Å²) in [6, 6.07) is 11.4. The second-order valence-electron chi connectivity index (χ2n) is 3.94. The zero-order valence-electron chi connectivity index (χ0n) is 10.3. The van der Waals surface area contributed by atoms with Gasteiger partial charge in [0.1, 0.15) is 5.75 Å². The summed E-state index contributed by atoms with van der Waals surface area (Å²) >= 11 is 5.99. The van der Waals surface area contributed by atoms with Crippen molar-refractivity contribution in [3.63, 3.8) is 0 Å². The Bertz CT molecular complexity index is 649. The molecule has 0 saturated heterocycles. The van der Waals surface area contributed by atoms with E-state index in [2.05, 4.69) is 0 Å². The SMILES string of the molecule is CCc1cccc(F)c1Oc1cc(C#N)ccc1Cl. The number of para-hydroxylation sites is 1. The topological polar surface area (TPSA) is 33.0 Å².